The van der Waals surface area contributed by atoms with Gasteiger partial charge in [-0.2, -0.15) is 0 Å². The Morgan fingerprint density at radius 3 is 2.24 bits per heavy atom. The molecule has 5 heteroatoms. The standard InChI is InChI=1S/C28H32N4O/c33-28(26-21-29-17-18-30-26)32(23-11-5-2-6-12-23)24-15-19-31(20-16-24)27-14-8-7-13-25(27)22-9-3-1-4-10-22/h1-6,9-12,17-18,21,24-25,27H,7-8,13-16,19-20H2/t25-,27-/m1/s1. The molecule has 1 aliphatic carbocycles. The summed E-state index contributed by atoms with van der Waals surface area (Å²) in [6.07, 6.45) is 11.9. The maximum atomic E-state index is 13.5. The molecule has 5 nitrogen and oxygen atoms in total. The maximum Gasteiger partial charge on any atom is 0.278 e. The predicted octanol–water partition coefficient (Wildman–Crippen LogP) is 5.31. The summed E-state index contributed by atoms with van der Waals surface area (Å²) in [6.45, 7) is 2.05. The number of likely N-dealkylation sites (tertiary alicyclic amines) is 1. The Bertz CT molecular complexity index is 1020. The van der Waals surface area contributed by atoms with Crippen LogP contribution in [0.5, 0.6) is 0 Å². The van der Waals surface area contributed by atoms with Gasteiger partial charge in [0.25, 0.3) is 5.91 Å². The molecule has 33 heavy (non-hydrogen) atoms. The maximum absolute atomic E-state index is 13.5. The molecule has 0 unspecified atom stereocenters. The van der Waals surface area contributed by atoms with Crippen LogP contribution in [0.15, 0.2) is 79.3 Å². The van der Waals surface area contributed by atoms with Crippen molar-refractivity contribution in [2.24, 2.45) is 0 Å². The lowest BCUT2D eigenvalue weighted by molar-refractivity contribution is 0.0891. The first-order valence-corrected chi connectivity index (χ1v) is 12.2. The van der Waals surface area contributed by atoms with Gasteiger partial charge in [-0.15, -0.1) is 0 Å². The zero-order valence-electron chi connectivity index (χ0n) is 19.1. The highest BCUT2D eigenvalue weighted by Gasteiger charge is 2.36. The predicted molar refractivity (Wildman–Crippen MR) is 131 cm³/mol. The molecular weight excluding hydrogens is 408 g/mol. The monoisotopic (exact) mass is 440 g/mol. The van der Waals surface area contributed by atoms with E-state index in [0.717, 1.165) is 31.6 Å². The van der Waals surface area contributed by atoms with E-state index in [-0.39, 0.29) is 11.9 Å². The smallest absolute Gasteiger partial charge is 0.278 e. The third-order valence-corrected chi connectivity index (χ3v) is 7.33. The number of anilines is 1. The van der Waals surface area contributed by atoms with Crippen LogP contribution in [0.2, 0.25) is 0 Å². The molecule has 1 aliphatic heterocycles. The van der Waals surface area contributed by atoms with E-state index in [1.54, 1.807) is 18.6 Å². The van der Waals surface area contributed by atoms with Gasteiger partial charge in [-0.25, -0.2) is 4.98 Å². The van der Waals surface area contributed by atoms with E-state index in [1.165, 1.54) is 31.2 Å². The second-order valence-electron chi connectivity index (χ2n) is 9.24. The molecule has 1 saturated heterocycles. The van der Waals surface area contributed by atoms with Crippen LogP contribution in [0.3, 0.4) is 0 Å². The van der Waals surface area contributed by atoms with Crippen LogP contribution in [0.1, 0.15) is 60.5 Å². The van der Waals surface area contributed by atoms with Gasteiger partial charge in [-0.1, -0.05) is 61.4 Å². The molecule has 3 aromatic rings. The fourth-order valence-corrected chi connectivity index (χ4v) is 5.73. The van der Waals surface area contributed by atoms with Gasteiger partial charge in [0, 0.05) is 43.3 Å². The van der Waals surface area contributed by atoms with Crippen LogP contribution in [0.4, 0.5) is 5.69 Å². The molecule has 2 aromatic carbocycles. The topological polar surface area (TPSA) is 49.3 Å². The van der Waals surface area contributed by atoms with Crippen molar-refractivity contribution >= 4 is 11.6 Å². The molecule has 2 aliphatic rings. The molecule has 0 bridgehead atoms. The molecule has 5 rings (SSSR count). The first-order valence-electron chi connectivity index (χ1n) is 12.2. The number of carbonyl (C=O) groups is 1. The number of hydrogen-bond acceptors (Lipinski definition) is 4. The molecule has 2 fully saturated rings. The van der Waals surface area contributed by atoms with Gasteiger partial charge in [0.05, 0.1) is 6.20 Å². The Morgan fingerprint density at radius 1 is 0.848 bits per heavy atom. The largest absolute Gasteiger partial charge is 0.304 e. The average molecular weight is 441 g/mol. The van der Waals surface area contributed by atoms with Crippen molar-refractivity contribution in [1.29, 1.82) is 0 Å². The van der Waals surface area contributed by atoms with Crippen molar-refractivity contribution in [3.8, 4) is 0 Å². The Hall–Kier alpha value is -3.05. The summed E-state index contributed by atoms with van der Waals surface area (Å²) in [6, 6.07) is 21.8. The minimum Gasteiger partial charge on any atom is -0.304 e. The molecule has 1 aromatic heterocycles. The highest BCUT2D eigenvalue weighted by atomic mass is 16.2. The highest BCUT2D eigenvalue weighted by Crippen LogP contribution is 2.38. The van der Waals surface area contributed by atoms with Gasteiger partial charge in [0.15, 0.2) is 0 Å². The van der Waals surface area contributed by atoms with E-state index in [0.29, 0.717) is 17.7 Å². The number of benzene rings is 2. The lowest BCUT2D eigenvalue weighted by Crippen LogP contribution is -2.52. The summed E-state index contributed by atoms with van der Waals surface area (Å²) in [5.41, 5.74) is 2.82. The number of para-hydroxylation sites is 1. The summed E-state index contributed by atoms with van der Waals surface area (Å²) in [5, 5.41) is 0. The summed E-state index contributed by atoms with van der Waals surface area (Å²) in [5.74, 6) is 0.551. The van der Waals surface area contributed by atoms with Crippen LogP contribution in [0, 0.1) is 0 Å². The van der Waals surface area contributed by atoms with Crippen molar-refractivity contribution in [3.05, 3.63) is 90.5 Å². The average Bonchev–Trinajstić information content (AvgIpc) is 2.91. The Kier molecular flexibility index (Phi) is 6.77. The molecule has 1 amide bonds. The number of carbonyl (C=O) groups excluding carboxylic acids is 1. The van der Waals surface area contributed by atoms with Crippen LogP contribution >= 0.6 is 0 Å². The van der Waals surface area contributed by atoms with Gasteiger partial charge in [-0.3, -0.25) is 14.7 Å². The second kappa shape index (κ2) is 10.3. The second-order valence-corrected chi connectivity index (χ2v) is 9.24. The lowest BCUT2D eigenvalue weighted by Gasteiger charge is -2.45. The molecular formula is C28H32N4O. The van der Waals surface area contributed by atoms with Crippen LogP contribution < -0.4 is 4.90 Å². The van der Waals surface area contributed by atoms with Gasteiger partial charge >= 0.3 is 0 Å². The lowest BCUT2D eigenvalue weighted by atomic mass is 9.78. The Labute approximate surface area is 196 Å². The number of hydrogen-bond donors (Lipinski definition) is 0. The third-order valence-electron chi connectivity index (χ3n) is 7.33. The number of nitrogens with zero attached hydrogens (tertiary/aromatic N) is 4. The Morgan fingerprint density at radius 2 is 1.55 bits per heavy atom. The quantitative estimate of drug-likeness (QED) is 0.539. The van der Waals surface area contributed by atoms with Gasteiger partial charge < -0.3 is 4.90 Å². The van der Waals surface area contributed by atoms with E-state index in [9.17, 15) is 4.79 Å². The first kappa shape index (κ1) is 21.8. The number of aromatic nitrogens is 2. The van der Waals surface area contributed by atoms with Crippen molar-refractivity contribution in [3.63, 3.8) is 0 Å². The first-order chi connectivity index (χ1) is 16.3. The summed E-state index contributed by atoms with van der Waals surface area (Å²) >= 11 is 0. The summed E-state index contributed by atoms with van der Waals surface area (Å²) < 4.78 is 0. The van der Waals surface area contributed by atoms with Crippen molar-refractivity contribution in [2.45, 2.75) is 56.5 Å². The SMILES string of the molecule is O=C(c1cnccn1)N(c1ccccc1)C1CCN([C@@H]2CCCC[C@@H]2c2ccccc2)CC1. The molecule has 2 heterocycles. The fraction of sp³-hybridized carbons (Fsp3) is 0.393. The molecule has 0 spiro atoms. The van der Waals surface area contributed by atoms with E-state index in [1.807, 2.05) is 35.2 Å². The number of piperidine rings is 1. The van der Waals surface area contributed by atoms with E-state index < -0.39 is 0 Å². The van der Waals surface area contributed by atoms with Crippen molar-refractivity contribution in [2.75, 3.05) is 18.0 Å². The number of amides is 1. The minimum atomic E-state index is -0.0624. The van der Waals surface area contributed by atoms with E-state index in [4.69, 9.17) is 0 Å². The molecule has 0 radical (unpaired) electrons. The molecule has 1 saturated carbocycles. The third kappa shape index (κ3) is 4.83. The molecule has 170 valence electrons. The van der Waals surface area contributed by atoms with Crippen LogP contribution in [-0.4, -0.2) is 45.9 Å². The van der Waals surface area contributed by atoms with E-state index in [2.05, 4.69) is 45.2 Å². The van der Waals surface area contributed by atoms with Crippen molar-refractivity contribution in [1.82, 2.24) is 14.9 Å². The van der Waals surface area contributed by atoms with Gasteiger partial charge in [0.2, 0.25) is 0 Å². The van der Waals surface area contributed by atoms with Gasteiger partial charge in [-0.05, 0) is 49.3 Å². The molecule has 2 atom stereocenters. The highest BCUT2D eigenvalue weighted by molar-refractivity contribution is 6.05. The molecule has 0 N–H and O–H groups in total. The van der Waals surface area contributed by atoms with Gasteiger partial charge in [0.1, 0.15) is 5.69 Å². The van der Waals surface area contributed by atoms with E-state index >= 15 is 0 Å². The fourth-order valence-electron chi connectivity index (χ4n) is 5.73. The summed E-state index contributed by atoms with van der Waals surface area (Å²) in [7, 11) is 0. The number of rotatable bonds is 5. The Balaban J connectivity index is 1.33. The zero-order chi connectivity index (χ0) is 22.5. The van der Waals surface area contributed by atoms with Crippen LogP contribution in [-0.2, 0) is 0 Å². The summed E-state index contributed by atoms with van der Waals surface area (Å²) in [4.78, 5) is 26.5. The van der Waals surface area contributed by atoms with Crippen LogP contribution in [0.25, 0.3) is 0 Å². The zero-order valence-corrected chi connectivity index (χ0v) is 19.1. The van der Waals surface area contributed by atoms with Crippen molar-refractivity contribution < 1.29 is 4.79 Å². The minimum absolute atomic E-state index is 0.0624. The normalized spacial score (nSPS) is 22.1.